The van der Waals surface area contributed by atoms with E-state index >= 15 is 0 Å². The highest BCUT2D eigenvalue weighted by Crippen LogP contribution is 2.51. The maximum atomic E-state index is 13.2. The van der Waals surface area contributed by atoms with Crippen molar-refractivity contribution in [2.45, 2.75) is 45.6 Å². The van der Waals surface area contributed by atoms with Crippen LogP contribution in [0.1, 0.15) is 41.9 Å². The number of H-pyrrole nitrogens is 1. The van der Waals surface area contributed by atoms with Crippen LogP contribution in [0.2, 0.25) is 0 Å². The van der Waals surface area contributed by atoms with Crippen LogP contribution in [0.5, 0.6) is 5.75 Å². The largest absolute Gasteiger partial charge is 0.477 e. The Balaban J connectivity index is 2.08. The lowest BCUT2D eigenvalue weighted by Crippen LogP contribution is -2.25. The number of rotatable bonds is 10. The van der Waals surface area contributed by atoms with Gasteiger partial charge in [-0.25, -0.2) is 0 Å². The lowest BCUT2D eigenvalue weighted by Gasteiger charge is -2.26. The summed E-state index contributed by atoms with van der Waals surface area (Å²) in [6.07, 6.45) is 0.196. The molecule has 9 heteroatoms. The van der Waals surface area contributed by atoms with Crippen LogP contribution < -0.4 is 10.5 Å². The number of hydrogen-bond donors (Lipinski definition) is 3. The van der Waals surface area contributed by atoms with Crippen molar-refractivity contribution in [1.82, 2.24) is 4.98 Å². The summed E-state index contributed by atoms with van der Waals surface area (Å²) in [5, 5.41) is 0.329. The number of carbonyl (C=O) groups is 2. The van der Waals surface area contributed by atoms with Gasteiger partial charge in [0.15, 0.2) is 0 Å². The maximum Gasteiger partial charge on any atom is 0.368 e. The fourth-order valence-corrected chi connectivity index (χ4v) is 4.93. The maximum absolute atomic E-state index is 13.2. The molecule has 32 heavy (non-hydrogen) atoms. The highest BCUT2D eigenvalue weighted by molar-refractivity contribution is 7.53. The fraction of sp³-hybridized carbons (Fsp3) is 0.304. The molecular formula is C23H27N2O6P. The Morgan fingerprint density at radius 3 is 2.47 bits per heavy atom. The molecule has 8 nitrogen and oxygen atoms in total. The molecule has 0 aliphatic rings. The standard InChI is InChI=1S/C23H27N2O6P/c1-4-14(2)31-32(28,29)19(13-16-9-6-5-7-10-16)30-18-12-8-11-17-21(18)20(15(3)25-17)22(26)23(24)27/h5-12,14,19,25H,4,13H2,1-3H3,(H2,24,27)(H,28,29). The predicted octanol–water partition coefficient (Wildman–Crippen LogP) is 4.09. The van der Waals surface area contributed by atoms with Crippen molar-refractivity contribution in [3.63, 3.8) is 0 Å². The van der Waals surface area contributed by atoms with Gasteiger partial charge in [-0.05, 0) is 38.0 Å². The van der Waals surface area contributed by atoms with E-state index in [0.29, 0.717) is 23.0 Å². The second kappa shape index (κ2) is 9.69. The molecule has 3 unspecified atom stereocenters. The number of aryl methyl sites for hydroxylation is 1. The molecule has 170 valence electrons. The van der Waals surface area contributed by atoms with Gasteiger partial charge in [0.25, 0.3) is 11.7 Å². The Morgan fingerprint density at radius 2 is 1.84 bits per heavy atom. The van der Waals surface area contributed by atoms with Gasteiger partial charge in [0.2, 0.25) is 5.85 Å². The molecule has 0 aliphatic heterocycles. The number of nitrogens with one attached hydrogen (secondary N) is 1. The molecule has 3 aromatic rings. The van der Waals surface area contributed by atoms with Gasteiger partial charge in [-0.2, -0.15) is 0 Å². The third-order valence-electron chi connectivity index (χ3n) is 5.21. The first kappa shape index (κ1) is 23.7. The lowest BCUT2D eigenvalue weighted by atomic mass is 10.1. The Hall–Kier alpha value is -2.93. The minimum Gasteiger partial charge on any atom is -0.477 e. The molecule has 0 spiro atoms. The van der Waals surface area contributed by atoms with Crippen LogP contribution in [0.15, 0.2) is 48.5 Å². The van der Waals surface area contributed by atoms with Crippen LogP contribution in [0, 0.1) is 6.92 Å². The number of hydrogen-bond acceptors (Lipinski definition) is 5. The topological polar surface area (TPSA) is 132 Å². The Morgan fingerprint density at radius 1 is 1.16 bits per heavy atom. The van der Waals surface area contributed by atoms with E-state index in [9.17, 15) is 19.0 Å². The van der Waals surface area contributed by atoms with E-state index in [1.54, 1.807) is 32.0 Å². The average Bonchev–Trinajstić information content (AvgIpc) is 3.09. The molecular weight excluding hydrogens is 431 g/mol. The number of benzene rings is 2. The molecule has 0 fully saturated rings. The lowest BCUT2D eigenvalue weighted by molar-refractivity contribution is -0.114. The van der Waals surface area contributed by atoms with Crippen LogP contribution in [0.3, 0.4) is 0 Å². The third-order valence-corrected chi connectivity index (χ3v) is 6.89. The highest BCUT2D eigenvalue weighted by atomic mass is 31.2. The number of fused-ring (bicyclic) bond motifs is 1. The van der Waals surface area contributed by atoms with E-state index in [2.05, 4.69) is 4.98 Å². The number of nitrogens with two attached hydrogens (primary N) is 1. The number of ether oxygens (including phenoxy) is 1. The summed E-state index contributed by atoms with van der Waals surface area (Å²) in [5.74, 6) is -3.03. The number of primary amides is 1. The normalized spacial score (nSPS) is 15.1. The van der Waals surface area contributed by atoms with Crippen molar-refractivity contribution in [2.24, 2.45) is 5.73 Å². The summed E-state index contributed by atoms with van der Waals surface area (Å²) in [7, 11) is -4.24. The van der Waals surface area contributed by atoms with Crippen molar-refractivity contribution in [1.29, 1.82) is 0 Å². The first-order chi connectivity index (χ1) is 15.1. The zero-order chi connectivity index (χ0) is 23.5. The van der Waals surface area contributed by atoms with Crippen LogP contribution >= 0.6 is 7.60 Å². The van der Waals surface area contributed by atoms with E-state index in [0.717, 1.165) is 5.56 Å². The van der Waals surface area contributed by atoms with Gasteiger partial charge in [-0.3, -0.25) is 14.2 Å². The Bertz CT molecular complexity index is 1170. The smallest absolute Gasteiger partial charge is 0.368 e. The molecule has 3 atom stereocenters. The molecule has 0 saturated carbocycles. The van der Waals surface area contributed by atoms with E-state index in [1.807, 2.05) is 37.3 Å². The van der Waals surface area contributed by atoms with E-state index in [4.69, 9.17) is 15.0 Å². The molecule has 1 heterocycles. The van der Waals surface area contributed by atoms with Gasteiger partial charge in [-0.15, -0.1) is 0 Å². The number of amides is 1. The molecule has 3 rings (SSSR count). The molecule has 4 N–H and O–H groups in total. The zero-order valence-corrected chi connectivity index (χ0v) is 19.1. The number of Topliss-reactive ketones (excluding diaryl/α,β-unsaturated/α-hetero) is 1. The quantitative estimate of drug-likeness (QED) is 0.238. The fourth-order valence-electron chi connectivity index (χ4n) is 3.44. The Labute approximate surface area is 186 Å². The summed E-state index contributed by atoms with van der Waals surface area (Å²) >= 11 is 0. The summed E-state index contributed by atoms with van der Waals surface area (Å²) in [5.41, 5.74) is 7.08. The first-order valence-electron chi connectivity index (χ1n) is 10.3. The predicted molar refractivity (Wildman–Crippen MR) is 122 cm³/mol. The van der Waals surface area contributed by atoms with Crippen LogP contribution in [-0.4, -0.2) is 33.5 Å². The van der Waals surface area contributed by atoms with Crippen molar-refractivity contribution in [3.05, 3.63) is 65.4 Å². The summed E-state index contributed by atoms with van der Waals surface area (Å²) in [6.45, 7) is 5.20. The molecule has 0 aliphatic carbocycles. The van der Waals surface area contributed by atoms with Crippen molar-refractivity contribution in [2.75, 3.05) is 0 Å². The summed E-state index contributed by atoms with van der Waals surface area (Å²) in [6, 6.07) is 14.1. The zero-order valence-electron chi connectivity index (χ0n) is 18.2. The number of aromatic nitrogens is 1. The number of ketones is 1. The van der Waals surface area contributed by atoms with Crippen molar-refractivity contribution < 1.29 is 28.3 Å². The second-order valence-corrected chi connectivity index (χ2v) is 9.56. The van der Waals surface area contributed by atoms with Gasteiger partial charge < -0.3 is 24.9 Å². The van der Waals surface area contributed by atoms with Crippen molar-refractivity contribution in [3.8, 4) is 5.75 Å². The van der Waals surface area contributed by atoms with Gasteiger partial charge in [0.1, 0.15) is 5.75 Å². The van der Waals surface area contributed by atoms with Gasteiger partial charge >= 0.3 is 7.60 Å². The molecule has 0 bridgehead atoms. The van der Waals surface area contributed by atoms with Crippen molar-refractivity contribution >= 4 is 30.2 Å². The second-order valence-electron chi connectivity index (χ2n) is 7.65. The number of carbonyl (C=O) groups excluding carboxylic acids is 2. The number of aromatic amines is 1. The van der Waals surface area contributed by atoms with Gasteiger partial charge in [0.05, 0.1) is 22.6 Å². The van der Waals surface area contributed by atoms with E-state index < -0.39 is 31.2 Å². The summed E-state index contributed by atoms with van der Waals surface area (Å²) < 4.78 is 24.7. The highest BCUT2D eigenvalue weighted by Gasteiger charge is 2.37. The summed E-state index contributed by atoms with van der Waals surface area (Å²) in [4.78, 5) is 37.9. The van der Waals surface area contributed by atoms with E-state index in [1.165, 1.54) is 0 Å². The molecule has 1 amide bonds. The SMILES string of the molecule is CCC(C)OP(=O)(O)C(Cc1ccccc1)Oc1cccc2[nH]c(C)c(C(=O)C(N)=O)c12. The third kappa shape index (κ3) is 5.10. The van der Waals surface area contributed by atoms with Crippen LogP contribution in [0.4, 0.5) is 0 Å². The van der Waals surface area contributed by atoms with Crippen LogP contribution in [0.25, 0.3) is 10.9 Å². The van der Waals surface area contributed by atoms with Gasteiger partial charge in [0, 0.05) is 12.1 Å². The molecule has 2 aromatic carbocycles. The van der Waals surface area contributed by atoms with E-state index in [-0.39, 0.29) is 17.7 Å². The molecule has 0 radical (unpaired) electrons. The van der Waals surface area contributed by atoms with Crippen LogP contribution in [-0.2, 0) is 20.3 Å². The molecule has 1 aromatic heterocycles. The van der Waals surface area contributed by atoms with Gasteiger partial charge in [-0.1, -0.05) is 43.3 Å². The average molecular weight is 458 g/mol. The Kier molecular flexibility index (Phi) is 7.19. The first-order valence-corrected chi connectivity index (χ1v) is 12.0. The minimum absolute atomic E-state index is 0.0807. The monoisotopic (exact) mass is 458 g/mol. The minimum atomic E-state index is -4.24. The molecule has 0 saturated heterocycles.